The van der Waals surface area contributed by atoms with Crippen molar-refractivity contribution in [2.45, 2.75) is 58.4 Å². The standard InChI is InChI=1S/C17H27N/c1-5-15-10-17(11-15,12-18-13(2)3)16-8-6-7-14(4)9-16/h6-9,13,15,18H,5,10-12H2,1-4H3. The second-order valence-corrected chi connectivity index (χ2v) is 6.37. The molecule has 1 nitrogen and oxygen atoms in total. The minimum Gasteiger partial charge on any atom is -0.314 e. The first kappa shape index (κ1) is 13.6. The molecular weight excluding hydrogens is 218 g/mol. The lowest BCUT2D eigenvalue weighted by Crippen LogP contribution is -2.49. The summed E-state index contributed by atoms with van der Waals surface area (Å²) in [6.07, 6.45) is 4.04. The van der Waals surface area contributed by atoms with Crippen molar-refractivity contribution in [3.8, 4) is 0 Å². The maximum atomic E-state index is 3.65. The maximum Gasteiger partial charge on any atom is 0.00832 e. The van der Waals surface area contributed by atoms with Crippen LogP contribution >= 0.6 is 0 Å². The molecule has 1 aliphatic carbocycles. The van der Waals surface area contributed by atoms with Crippen molar-refractivity contribution in [3.05, 3.63) is 35.4 Å². The van der Waals surface area contributed by atoms with Crippen LogP contribution in [-0.4, -0.2) is 12.6 Å². The van der Waals surface area contributed by atoms with E-state index in [1.165, 1.54) is 24.8 Å². The lowest BCUT2D eigenvalue weighted by molar-refractivity contribution is 0.131. The molecule has 0 saturated heterocycles. The molecule has 0 aromatic heterocycles. The van der Waals surface area contributed by atoms with Crippen LogP contribution in [0.4, 0.5) is 0 Å². The van der Waals surface area contributed by atoms with Gasteiger partial charge in [-0.3, -0.25) is 0 Å². The van der Waals surface area contributed by atoms with Crippen molar-refractivity contribution in [3.63, 3.8) is 0 Å². The molecule has 0 spiro atoms. The van der Waals surface area contributed by atoms with Gasteiger partial charge < -0.3 is 5.32 Å². The van der Waals surface area contributed by atoms with E-state index in [1.54, 1.807) is 5.56 Å². The van der Waals surface area contributed by atoms with Gasteiger partial charge in [0.1, 0.15) is 0 Å². The molecule has 1 saturated carbocycles. The molecule has 0 heterocycles. The Kier molecular flexibility index (Phi) is 4.11. The van der Waals surface area contributed by atoms with Crippen LogP contribution in [0, 0.1) is 12.8 Å². The van der Waals surface area contributed by atoms with Gasteiger partial charge in [-0.2, -0.15) is 0 Å². The van der Waals surface area contributed by atoms with E-state index >= 15 is 0 Å². The van der Waals surface area contributed by atoms with E-state index in [4.69, 9.17) is 0 Å². The van der Waals surface area contributed by atoms with E-state index in [0.29, 0.717) is 11.5 Å². The first-order valence-electron chi connectivity index (χ1n) is 7.36. The molecule has 18 heavy (non-hydrogen) atoms. The Labute approximate surface area is 112 Å². The fourth-order valence-corrected chi connectivity index (χ4v) is 3.19. The van der Waals surface area contributed by atoms with Crippen molar-refractivity contribution >= 4 is 0 Å². The highest BCUT2D eigenvalue weighted by Crippen LogP contribution is 2.48. The Morgan fingerprint density at radius 3 is 2.61 bits per heavy atom. The third-order valence-corrected chi connectivity index (χ3v) is 4.42. The lowest BCUT2D eigenvalue weighted by atomic mass is 9.57. The maximum absolute atomic E-state index is 3.65. The van der Waals surface area contributed by atoms with Gasteiger partial charge in [-0.05, 0) is 31.2 Å². The van der Waals surface area contributed by atoms with Crippen LogP contribution in [-0.2, 0) is 5.41 Å². The summed E-state index contributed by atoms with van der Waals surface area (Å²) in [4.78, 5) is 0. The fourth-order valence-electron chi connectivity index (χ4n) is 3.19. The molecule has 0 aliphatic heterocycles. The largest absolute Gasteiger partial charge is 0.314 e. The van der Waals surface area contributed by atoms with Crippen molar-refractivity contribution < 1.29 is 0 Å². The quantitative estimate of drug-likeness (QED) is 0.825. The Balaban J connectivity index is 2.15. The second kappa shape index (κ2) is 5.44. The van der Waals surface area contributed by atoms with Crippen LogP contribution in [0.5, 0.6) is 0 Å². The fraction of sp³-hybridized carbons (Fsp3) is 0.647. The zero-order valence-corrected chi connectivity index (χ0v) is 12.3. The molecule has 0 radical (unpaired) electrons. The number of hydrogen-bond donors (Lipinski definition) is 1. The molecular formula is C17H27N. The molecule has 1 N–H and O–H groups in total. The molecule has 0 bridgehead atoms. The van der Waals surface area contributed by atoms with Crippen LogP contribution in [0.25, 0.3) is 0 Å². The number of rotatable bonds is 5. The predicted molar refractivity (Wildman–Crippen MR) is 79.0 cm³/mol. The SMILES string of the molecule is CCC1CC(CNC(C)C)(c2cccc(C)c2)C1. The Bertz CT molecular complexity index is 388. The summed E-state index contributed by atoms with van der Waals surface area (Å²) in [6.45, 7) is 10.1. The minimum absolute atomic E-state index is 0.400. The van der Waals surface area contributed by atoms with Gasteiger partial charge in [0.2, 0.25) is 0 Å². The van der Waals surface area contributed by atoms with Crippen LogP contribution in [0.1, 0.15) is 51.2 Å². The molecule has 1 aromatic rings. The van der Waals surface area contributed by atoms with E-state index in [1.807, 2.05) is 0 Å². The molecule has 100 valence electrons. The third-order valence-electron chi connectivity index (χ3n) is 4.42. The smallest absolute Gasteiger partial charge is 0.00832 e. The summed E-state index contributed by atoms with van der Waals surface area (Å²) in [6, 6.07) is 9.69. The van der Waals surface area contributed by atoms with Gasteiger partial charge in [-0.15, -0.1) is 0 Å². The zero-order valence-electron chi connectivity index (χ0n) is 12.3. The highest BCUT2D eigenvalue weighted by atomic mass is 14.9. The average molecular weight is 245 g/mol. The molecule has 1 aromatic carbocycles. The highest BCUT2D eigenvalue weighted by Gasteiger charge is 2.44. The molecule has 0 unspecified atom stereocenters. The summed E-state index contributed by atoms with van der Waals surface area (Å²) >= 11 is 0. The number of benzene rings is 1. The van der Waals surface area contributed by atoms with Gasteiger partial charge in [0, 0.05) is 18.0 Å². The Morgan fingerprint density at radius 1 is 1.33 bits per heavy atom. The lowest BCUT2D eigenvalue weighted by Gasteiger charge is -2.49. The van der Waals surface area contributed by atoms with Crippen molar-refractivity contribution in [1.82, 2.24) is 5.32 Å². The number of aryl methyl sites for hydroxylation is 1. The zero-order chi connectivity index (χ0) is 13.2. The van der Waals surface area contributed by atoms with Crippen LogP contribution in [0.3, 0.4) is 0 Å². The van der Waals surface area contributed by atoms with E-state index in [2.05, 4.69) is 57.3 Å². The molecule has 1 heteroatoms. The van der Waals surface area contributed by atoms with Gasteiger partial charge in [-0.25, -0.2) is 0 Å². The van der Waals surface area contributed by atoms with Crippen LogP contribution in [0.2, 0.25) is 0 Å². The van der Waals surface area contributed by atoms with Crippen LogP contribution in [0.15, 0.2) is 24.3 Å². The topological polar surface area (TPSA) is 12.0 Å². The molecule has 1 aliphatic rings. The van der Waals surface area contributed by atoms with Gasteiger partial charge in [-0.1, -0.05) is 57.0 Å². The summed E-state index contributed by atoms with van der Waals surface area (Å²) in [5, 5.41) is 3.65. The van der Waals surface area contributed by atoms with Crippen molar-refractivity contribution in [2.75, 3.05) is 6.54 Å². The van der Waals surface area contributed by atoms with Gasteiger partial charge >= 0.3 is 0 Å². The molecule has 1 fully saturated rings. The molecule has 2 rings (SSSR count). The molecule has 0 amide bonds. The van der Waals surface area contributed by atoms with E-state index in [-0.39, 0.29) is 0 Å². The summed E-state index contributed by atoms with van der Waals surface area (Å²) in [5.41, 5.74) is 3.33. The number of nitrogens with one attached hydrogen (secondary N) is 1. The monoisotopic (exact) mass is 245 g/mol. The minimum atomic E-state index is 0.400. The molecule has 0 atom stereocenters. The summed E-state index contributed by atoms with van der Waals surface area (Å²) < 4.78 is 0. The first-order chi connectivity index (χ1) is 8.55. The average Bonchev–Trinajstić information content (AvgIpc) is 2.27. The third kappa shape index (κ3) is 2.77. The van der Waals surface area contributed by atoms with E-state index in [9.17, 15) is 0 Å². The van der Waals surface area contributed by atoms with Crippen molar-refractivity contribution in [1.29, 1.82) is 0 Å². The summed E-state index contributed by atoms with van der Waals surface area (Å²) in [5.74, 6) is 0.930. The van der Waals surface area contributed by atoms with E-state index in [0.717, 1.165) is 12.5 Å². The van der Waals surface area contributed by atoms with Gasteiger partial charge in [0.05, 0.1) is 0 Å². The van der Waals surface area contributed by atoms with Gasteiger partial charge in [0.25, 0.3) is 0 Å². The highest BCUT2D eigenvalue weighted by molar-refractivity contribution is 5.33. The Hall–Kier alpha value is -0.820. The second-order valence-electron chi connectivity index (χ2n) is 6.37. The van der Waals surface area contributed by atoms with Crippen molar-refractivity contribution in [2.24, 2.45) is 5.92 Å². The normalized spacial score (nSPS) is 27.3. The van der Waals surface area contributed by atoms with Crippen LogP contribution < -0.4 is 5.32 Å². The Morgan fingerprint density at radius 2 is 2.06 bits per heavy atom. The summed E-state index contributed by atoms with van der Waals surface area (Å²) in [7, 11) is 0. The van der Waals surface area contributed by atoms with Gasteiger partial charge in [0.15, 0.2) is 0 Å². The van der Waals surface area contributed by atoms with E-state index < -0.39 is 0 Å². The number of hydrogen-bond acceptors (Lipinski definition) is 1. The predicted octanol–water partition coefficient (Wildman–Crippen LogP) is 4.05. The first-order valence-corrected chi connectivity index (χ1v) is 7.36.